The maximum atomic E-state index is 11.8. The van der Waals surface area contributed by atoms with Gasteiger partial charge in [0.05, 0.1) is 0 Å². The standard InChI is InChI=1S/C15H21NO4/c1-5-16-14(17)11(3)20-15(18)12(4)19-13-8-6-7-10(2)9-13/h6-9,11-12H,5H2,1-4H3,(H,16,17)/t11-,12+/m0/s1. The second kappa shape index (κ2) is 7.53. The van der Waals surface area contributed by atoms with Crippen LogP contribution in [0, 0.1) is 6.92 Å². The summed E-state index contributed by atoms with van der Waals surface area (Å²) in [6.07, 6.45) is -1.60. The molecule has 0 radical (unpaired) electrons. The molecule has 20 heavy (non-hydrogen) atoms. The van der Waals surface area contributed by atoms with E-state index in [-0.39, 0.29) is 5.91 Å². The summed E-state index contributed by atoms with van der Waals surface area (Å²) in [7, 11) is 0. The van der Waals surface area contributed by atoms with Crippen molar-refractivity contribution in [3.05, 3.63) is 29.8 Å². The first-order valence-corrected chi connectivity index (χ1v) is 6.65. The van der Waals surface area contributed by atoms with Crippen LogP contribution in [-0.4, -0.2) is 30.6 Å². The quantitative estimate of drug-likeness (QED) is 0.807. The van der Waals surface area contributed by atoms with Gasteiger partial charge in [-0.05, 0) is 45.4 Å². The van der Waals surface area contributed by atoms with E-state index in [9.17, 15) is 9.59 Å². The van der Waals surface area contributed by atoms with Crippen LogP contribution in [0.25, 0.3) is 0 Å². The first-order valence-electron chi connectivity index (χ1n) is 6.65. The summed E-state index contributed by atoms with van der Waals surface area (Å²) in [6, 6.07) is 7.38. The van der Waals surface area contributed by atoms with Gasteiger partial charge < -0.3 is 14.8 Å². The molecule has 0 unspecified atom stereocenters. The maximum absolute atomic E-state index is 11.8. The second-order valence-corrected chi connectivity index (χ2v) is 4.55. The van der Waals surface area contributed by atoms with Crippen molar-refractivity contribution in [2.75, 3.05) is 6.54 Å². The van der Waals surface area contributed by atoms with Crippen LogP contribution in [-0.2, 0) is 14.3 Å². The minimum atomic E-state index is -0.828. The highest BCUT2D eigenvalue weighted by Gasteiger charge is 2.22. The van der Waals surface area contributed by atoms with Crippen LogP contribution >= 0.6 is 0 Å². The Labute approximate surface area is 119 Å². The number of hydrogen-bond donors (Lipinski definition) is 1. The highest BCUT2D eigenvalue weighted by Crippen LogP contribution is 2.14. The molecule has 0 saturated heterocycles. The number of carbonyl (C=O) groups excluding carboxylic acids is 2. The van der Waals surface area contributed by atoms with Crippen molar-refractivity contribution in [2.24, 2.45) is 0 Å². The molecule has 0 aliphatic heterocycles. The molecule has 0 spiro atoms. The number of amides is 1. The molecule has 2 atom stereocenters. The Kier molecular flexibility index (Phi) is 6.03. The second-order valence-electron chi connectivity index (χ2n) is 4.55. The summed E-state index contributed by atoms with van der Waals surface area (Å²) in [5.41, 5.74) is 1.04. The fraction of sp³-hybridized carbons (Fsp3) is 0.467. The van der Waals surface area contributed by atoms with E-state index in [2.05, 4.69) is 5.32 Å². The molecule has 1 aromatic carbocycles. The summed E-state index contributed by atoms with van der Waals surface area (Å²) in [5.74, 6) is -0.283. The van der Waals surface area contributed by atoms with Crippen LogP contribution in [0.15, 0.2) is 24.3 Å². The number of aryl methyl sites for hydroxylation is 1. The van der Waals surface area contributed by atoms with E-state index in [1.165, 1.54) is 6.92 Å². The molecule has 0 aliphatic rings. The van der Waals surface area contributed by atoms with Crippen LogP contribution in [0.2, 0.25) is 0 Å². The van der Waals surface area contributed by atoms with E-state index in [1.807, 2.05) is 25.1 Å². The van der Waals surface area contributed by atoms with Crippen LogP contribution in [0.4, 0.5) is 0 Å². The van der Waals surface area contributed by atoms with E-state index in [0.717, 1.165) is 5.56 Å². The van der Waals surface area contributed by atoms with Gasteiger partial charge in [-0.1, -0.05) is 12.1 Å². The molecule has 0 fully saturated rings. The summed E-state index contributed by atoms with van der Waals surface area (Å²) in [5, 5.41) is 2.59. The number of rotatable bonds is 6. The SMILES string of the molecule is CCNC(=O)[C@H](C)OC(=O)[C@@H](C)Oc1cccc(C)c1. The number of nitrogens with one attached hydrogen (secondary N) is 1. The number of ether oxygens (including phenoxy) is 2. The van der Waals surface area contributed by atoms with Gasteiger partial charge in [0.2, 0.25) is 0 Å². The van der Waals surface area contributed by atoms with E-state index in [1.54, 1.807) is 19.9 Å². The zero-order valence-electron chi connectivity index (χ0n) is 12.3. The average Bonchev–Trinajstić information content (AvgIpc) is 2.38. The lowest BCUT2D eigenvalue weighted by Gasteiger charge is -2.17. The Morgan fingerprint density at radius 1 is 1.25 bits per heavy atom. The van der Waals surface area contributed by atoms with Crippen molar-refractivity contribution in [1.29, 1.82) is 0 Å². The van der Waals surface area contributed by atoms with Gasteiger partial charge in [-0.25, -0.2) is 4.79 Å². The zero-order chi connectivity index (χ0) is 15.1. The molecular weight excluding hydrogens is 258 g/mol. The van der Waals surface area contributed by atoms with Gasteiger partial charge in [-0.3, -0.25) is 4.79 Å². The summed E-state index contributed by atoms with van der Waals surface area (Å²) < 4.78 is 10.5. The van der Waals surface area contributed by atoms with Gasteiger partial charge in [-0.15, -0.1) is 0 Å². The fourth-order valence-electron chi connectivity index (χ4n) is 1.58. The molecule has 0 aliphatic carbocycles. The van der Waals surface area contributed by atoms with Crippen molar-refractivity contribution in [3.63, 3.8) is 0 Å². The minimum absolute atomic E-state index is 0.316. The average molecular weight is 279 g/mol. The van der Waals surface area contributed by atoms with Gasteiger partial charge in [0.15, 0.2) is 12.2 Å². The van der Waals surface area contributed by atoms with Crippen molar-refractivity contribution >= 4 is 11.9 Å². The molecule has 5 heteroatoms. The van der Waals surface area contributed by atoms with Crippen molar-refractivity contribution in [3.8, 4) is 5.75 Å². The van der Waals surface area contributed by atoms with Crippen molar-refractivity contribution in [1.82, 2.24) is 5.32 Å². The van der Waals surface area contributed by atoms with E-state index in [4.69, 9.17) is 9.47 Å². The molecule has 1 N–H and O–H groups in total. The van der Waals surface area contributed by atoms with E-state index in [0.29, 0.717) is 12.3 Å². The minimum Gasteiger partial charge on any atom is -0.479 e. The van der Waals surface area contributed by atoms with E-state index >= 15 is 0 Å². The van der Waals surface area contributed by atoms with Gasteiger partial charge in [0.1, 0.15) is 5.75 Å². The largest absolute Gasteiger partial charge is 0.479 e. The molecule has 0 saturated carbocycles. The number of carbonyl (C=O) groups is 2. The first kappa shape index (κ1) is 16.0. The van der Waals surface area contributed by atoms with Crippen molar-refractivity contribution < 1.29 is 19.1 Å². The number of likely N-dealkylation sites (N-methyl/N-ethyl adjacent to an activating group) is 1. The molecule has 1 aromatic rings. The summed E-state index contributed by atoms with van der Waals surface area (Å²) in [4.78, 5) is 23.3. The molecular formula is C15H21NO4. The lowest BCUT2D eigenvalue weighted by Crippen LogP contribution is -2.38. The van der Waals surface area contributed by atoms with Crippen LogP contribution in [0.1, 0.15) is 26.3 Å². The third-order valence-corrected chi connectivity index (χ3v) is 2.65. The molecule has 0 aromatic heterocycles. The molecule has 110 valence electrons. The van der Waals surface area contributed by atoms with Gasteiger partial charge in [-0.2, -0.15) is 0 Å². The Bertz CT molecular complexity index is 473. The van der Waals surface area contributed by atoms with Gasteiger partial charge >= 0.3 is 5.97 Å². The highest BCUT2D eigenvalue weighted by atomic mass is 16.6. The van der Waals surface area contributed by atoms with Crippen molar-refractivity contribution in [2.45, 2.75) is 39.9 Å². The zero-order valence-corrected chi connectivity index (χ0v) is 12.3. The fourth-order valence-corrected chi connectivity index (χ4v) is 1.58. The molecule has 5 nitrogen and oxygen atoms in total. The summed E-state index contributed by atoms with van der Waals surface area (Å²) in [6.45, 7) is 7.36. The van der Waals surface area contributed by atoms with Crippen LogP contribution in [0.5, 0.6) is 5.75 Å². The number of esters is 1. The monoisotopic (exact) mass is 279 g/mol. The normalized spacial score (nSPS) is 13.2. The lowest BCUT2D eigenvalue weighted by molar-refractivity contribution is -0.160. The molecule has 0 bridgehead atoms. The Morgan fingerprint density at radius 3 is 2.55 bits per heavy atom. The smallest absolute Gasteiger partial charge is 0.347 e. The number of benzene rings is 1. The summed E-state index contributed by atoms with van der Waals surface area (Å²) >= 11 is 0. The predicted octanol–water partition coefficient (Wildman–Crippen LogP) is 1.83. The van der Waals surface area contributed by atoms with Gasteiger partial charge in [0, 0.05) is 6.54 Å². The van der Waals surface area contributed by atoms with Crippen LogP contribution < -0.4 is 10.1 Å². The van der Waals surface area contributed by atoms with Gasteiger partial charge in [0.25, 0.3) is 5.91 Å². The third kappa shape index (κ3) is 4.91. The molecule has 0 heterocycles. The Balaban J connectivity index is 2.53. The van der Waals surface area contributed by atoms with Crippen LogP contribution in [0.3, 0.4) is 0 Å². The highest BCUT2D eigenvalue weighted by molar-refractivity contribution is 5.84. The maximum Gasteiger partial charge on any atom is 0.347 e. The Hall–Kier alpha value is -2.04. The number of hydrogen-bond acceptors (Lipinski definition) is 4. The molecule has 1 amide bonds. The third-order valence-electron chi connectivity index (χ3n) is 2.65. The topological polar surface area (TPSA) is 64.6 Å². The van der Waals surface area contributed by atoms with E-state index < -0.39 is 18.2 Å². The predicted molar refractivity (Wildman–Crippen MR) is 75.5 cm³/mol. The Morgan fingerprint density at radius 2 is 1.95 bits per heavy atom. The first-order chi connectivity index (χ1) is 9.43. The lowest BCUT2D eigenvalue weighted by atomic mass is 10.2. The molecule has 1 rings (SSSR count).